The molecule has 0 amide bonds. The van der Waals surface area contributed by atoms with Crippen molar-refractivity contribution in [3.63, 3.8) is 0 Å². The van der Waals surface area contributed by atoms with Crippen molar-refractivity contribution in [1.82, 2.24) is 0 Å². The van der Waals surface area contributed by atoms with Crippen molar-refractivity contribution in [3.8, 4) is 0 Å². The van der Waals surface area contributed by atoms with Crippen molar-refractivity contribution in [2.75, 3.05) is 0 Å². The fourth-order valence-corrected chi connectivity index (χ4v) is 4.26. The molecule has 2 nitrogen and oxygen atoms in total. The number of benzene rings is 2. The second-order valence-corrected chi connectivity index (χ2v) is 8.21. The van der Waals surface area contributed by atoms with E-state index in [0.717, 1.165) is 25.7 Å². The topological polar surface area (TPSA) is 29.4 Å². The van der Waals surface area contributed by atoms with Gasteiger partial charge in [0.1, 0.15) is 17.4 Å². The van der Waals surface area contributed by atoms with E-state index in [1.54, 1.807) is 36.4 Å². The van der Waals surface area contributed by atoms with Crippen molar-refractivity contribution < 1.29 is 13.6 Å². The summed E-state index contributed by atoms with van der Waals surface area (Å²) >= 11 is 0. The minimum atomic E-state index is -0.638. The van der Waals surface area contributed by atoms with E-state index >= 15 is 0 Å². The van der Waals surface area contributed by atoms with Crippen molar-refractivity contribution in [2.45, 2.75) is 70.3 Å². The SMILES string of the molecule is O=C1CCCCCCCCCCC1C(N=Cc1ccccc1F)c1ccccc1F. The highest BCUT2D eigenvalue weighted by molar-refractivity contribution is 5.83. The molecule has 0 radical (unpaired) electrons. The lowest BCUT2D eigenvalue weighted by molar-refractivity contribution is -0.124. The van der Waals surface area contributed by atoms with Gasteiger partial charge in [0.05, 0.1) is 6.04 Å². The fourth-order valence-electron chi connectivity index (χ4n) is 4.26. The number of nitrogens with zero attached hydrogens (tertiary/aromatic N) is 1. The van der Waals surface area contributed by atoms with E-state index < -0.39 is 6.04 Å². The van der Waals surface area contributed by atoms with Crippen LogP contribution < -0.4 is 0 Å². The third-order valence-electron chi connectivity index (χ3n) is 5.99. The first-order valence-corrected chi connectivity index (χ1v) is 11.2. The van der Waals surface area contributed by atoms with Crippen LogP contribution in [-0.2, 0) is 4.79 Å². The average Bonchev–Trinajstić information content (AvgIpc) is 2.74. The van der Waals surface area contributed by atoms with Gasteiger partial charge in [-0.3, -0.25) is 9.79 Å². The molecule has 2 aromatic carbocycles. The fraction of sp³-hybridized carbons (Fsp3) is 0.462. The van der Waals surface area contributed by atoms with Crippen LogP contribution in [0.4, 0.5) is 8.78 Å². The van der Waals surface area contributed by atoms with Crippen molar-refractivity contribution in [1.29, 1.82) is 0 Å². The summed E-state index contributed by atoms with van der Waals surface area (Å²) in [5, 5.41) is 0. The summed E-state index contributed by atoms with van der Waals surface area (Å²) in [4.78, 5) is 17.8. The number of Topliss-reactive ketones (excluding diaryl/α,β-unsaturated/α-hetero) is 1. The monoisotopic (exact) mass is 411 g/mol. The Morgan fingerprint density at radius 1 is 0.800 bits per heavy atom. The van der Waals surface area contributed by atoms with Crippen molar-refractivity contribution in [3.05, 3.63) is 71.3 Å². The zero-order valence-corrected chi connectivity index (χ0v) is 17.5. The molecule has 2 aromatic rings. The molecule has 1 fully saturated rings. The third-order valence-corrected chi connectivity index (χ3v) is 5.99. The summed E-state index contributed by atoms with van der Waals surface area (Å²) in [6, 6.07) is 12.2. The van der Waals surface area contributed by atoms with E-state index in [1.165, 1.54) is 44.0 Å². The molecule has 2 unspecified atom stereocenters. The molecule has 0 aliphatic heterocycles. The Balaban J connectivity index is 1.92. The molecule has 0 bridgehead atoms. The smallest absolute Gasteiger partial charge is 0.138 e. The summed E-state index contributed by atoms with van der Waals surface area (Å²) < 4.78 is 28.8. The summed E-state index contributed by atoms with van der Waals surface area (Å²) in [5.74, 6) is -0.982. The molecule has 0 heterocycles. The Hall–Kier alpha value is -2.36. The van der Waals surface area contributed by atoms with E-state index in [2.05, 4.69) is 4.99 Å². The first-order chi connectivity index (χ1) is 14.7. The van der Waals surface area contributed by atoms with Crippen molar-refractivity contribution in [2.24, 2.45) is 10.9 Å². The molecular weight excluding hydrogens is 380 g/mol. The second-order valence-electron chi connectivity index (χ2n) is 8.21. The molecule has 0 spiro atoms. The van der Waals surface area contributed by atoms with Gasteiger partial charge in [-0.05, 0) is 25.0 Å². The van der Waals surface area contributed by atoms with Crippen LogP contribution in [0, 0.1) is 17.6 Å². The number of halogens is 2. The van der Waals surface area contributed by atoms with Gasteiger partial charge in [-0.15, -0.1) is 0 Å². The lowest BCUT2D eigenvalue weighted by atomic mass is 9.83. The molecule has 30 heavy (non-hydrogen) atoms. The number of carbonyl (C=O) groups excluding carboxylic acids is 1. The quantitative estimate of drug-likeness (QED) is 0.488. The van der Waals surface area contributed by atoms with Gasteiger partial charge in [0.2, 0.25) is 0 Å². The Kier molecular flexibility index (Phi) is 8.73. The maximum Gasteiger partial charge on any atom is 0.138 e. The Labute approximate surface area is 178 Å². The standard InChI is InChI=1S/C26H31F2NO/c27-23-16-11-9-13-20(23)19-29-26(21-14-10-12-17-24(21)28)22-15-7-5-3-1-2-4-6-8-18-25(22)30/h9-14,16-17,19,22,26H,1-8,15,18H2. The normalized spacial score (nSPS) is 20.5. The predicted molar refractivity (Wildman–Crippen MR) is 118 cm³/mol. The predicted octanol–water partition coefficient (Wildman–Crippen LogP) is 7.22. The summed E-state index contributed by atoms with van der Waals surface area (Å²) in [6.45, 7) is 0. The highest BCUT2D eigenvalue weighted by atomic mass is 19.1. The van der Waals surface area contributed by atoms with E-state index in [0.29, 0.717) is 24.0 Å². The Bertz CT molecular complexity index is 848. The van der Waals surface area contributed by atoms with Crippen LogP contribution in [0.15, 0.2) is 53.5 Å². The number of ketones is 1. The number of carbonyl (C=O) groups is 1. The number of hydrogen-bond acceptors (Lipinski definition) is 2. The highest BCUT2D eigenvalue weighted by Crippen LogP contribution is 2.34. The van der Waals surface area contributed by atoms with Gasteiger partial charge in [0.15, 0.2) is 0 Å². The molecule has 0 aromatic heterocycles. The number of hydrogen-bond donors (Lipinski definition) is 0. The van der Waals surface area contributed by atoms with Crippen LogP contribution in [0.5, 0.6) is 0 Å². The Morgan fingerprint density at radius 3 is 2.10 bits per heavy atom. The largest absolute Gasteiger partial charge is 0.299 e. The molecule has 0 N–H and O–H groups in total. The van der Waals surface area contributed by atoms with E-state index in [-0.39, 0.29) is 23.3 Å². The Morgan fingerprint density at radius 2 is 1.40 bits per heavy atom. The van der Waals surface area contributed by atoms with Gasteiger partial charge in [0.25, 0.3) is 0 Å². The van der Waals surface area contributed by atoms with Gasteiger partial charge in [-0.1, -0.05) is 81.3 Å². The molecule has 3 rings (SSSR count). The van der Waals surface area contributed by atoms with Crippen LogP contribution in [-0.4, -0.2) is 12.0 Å². The van der Waals surface area contributed by atoms with Crippen LogP contribution >= 0.6 is 0 Å². The zero-order valence-electron chi connectivity index (χ0n) is 17.5. The van der Waals surface area contributed by atoms with E-state index in [9.17, 15) is 13.6 Å². The maximum absolute atomic E-state index is 14.7. The van der Waals surface area contributed by atoms with Gasteiger partial charge in [-0.25, -0.2) is 8.78 Å². The number of rotatable bonds is 4. The lowest BCUT2D eigenvalue weighted by Gasteiger charge is -2.24. The first kappa shape index (κ1) is 22.3. The molecule has 1 aliphatic rings. The molecular formula is C26H31F2NO. The summed E-state index contributed by atoms with van der Waals surface area (Å²) in [7, 11) is 0. The van der Waals surface area contributed by atoms with Gasteiger partial charge in [0, 0.05) is 29.7 Å². The lowest BCUT2D eigenvalue weighted by Crippen LogP contribution is -2.23. The van der Waals surface area contributed by atoms with Gasteiger partial charge < -0.3 is 0 Å². The van der Waals surface area contributed by atoms with Gasteiger partial charge in [-0.2, -0.15) is 0 Å². The number of aliphatic imine (C=N–C) groups is 1. The summed E-state index contributed by atoms with van der Waals surface area (Å²) in [6.07, 6.45) is 11.4. The average molecular weight is 412 g/mol. The molecule has 160 valence electrons. The second kappa shape index (κ2) is 11.7. The van der Waals surface area contributed by atoms with Crippen LogP contribution in [0.3, 0.4) is 0 Å². The van der Waals surface area contributed by atoms with Crippen molar-refractivity contribution >= 4 is 12.0 Å². The summed E-state index contributed by atoms with van der Waals surface area (Å²) in [5.41, 5.74) is 0.759. The van der Waals surface area contributed by atoms with Crippen LogP contribution in [0.1, 0.15) is 81.4 Å². The van der Waals surface area contributed by atoms with Crippen LogP contribution in [0.2, 0.25) is 0 Å². The molecule has 4 heteroatoms. The zero-order chi connectivity index (χ0) is 21.2. The molecule has 1 aliphatic carbocycles. The maximum atomic E-state index is 14.7. The van der Waals surface area contributed by atoms with E-state index in [1.807, 2.05) is 0 Å². The highest BCUT2D eigenvalue weighted by Gasteiger charge is 2.30. The third kappa shape index (κ3) is 6.32. The van der Waals surface area contributed by atoms with Crippen LogP contribution in [0.25, 0.3) is 0 Å². The minimum Gasteiger partial charge on any atom is -0.299 e. The first-order valence-electron chi connectivity index (χ1n) is 11.2. The molecule has 0 saturated heterocycles. The minimum absolute atomic E-state index is 0.148. The van der Waals surface area contributed by atoms with E-state index in [4.69, 9.17) is 0 Å². The molecule has 2 atom stereocenters. The van der Waals surface area contributed by atoms with Gasteiger partial charge >= 0.3 is 0 Å². The molecule has 1 saturated carbocycles.